The van der Waals surface area contributed by atoms with Crippen molar-refractivity contribution in [3.05, 3.63) is 143 Å². The van der Waals surface area contributed by atoms with E-state index in [-0.39, 0.29) is 17.6 Å². The molecule has 4 atom stereocenters. The predicted molar refractivity (Wildman–Crippen MR) is 185 cm³/mol. The van der Waals surface area contributed by atoms with Gasteiger partial charge in [-0.2, -0.15) is 0 Å². The Morgan fingerprint density at radius 3 is 1.33 bits per heavy atom. The molecule has 4 rings (SSSR count). The van der Waals surface area contributed by atoms with Crippen LogP contribution >= 0.6 is 0 Å². The smallest absolute Gasteiger partial charge is 0.193 e. The van der Waals surface area contributed by atoms with Crippen molar-refractivity contribution in [3.8, 4) is 0 Å². The maximum absolute atomic E-state index is 14.2. The van der Waals surface area contributed by atoms with E-state index in [9.17, 15) is 15.0 Å². The molecular weight excluding hydrogens is 572 g/mol. The highest BCUT2D eigenvalue weighted by Gasteiger charge is 2.28. The van der Waals surface area contributed by atoms with Gasteiger partial charge in [-0.1, -0.05) is 123 Å². The van der Waals surface area contributed by atoms with Crippen molar-refractivity contribution in [2.45, 2.75) is 89.6 Å². The van der Waals surface area contributed by atoms with Gasteiger partial charge in [0.2, 0.25) is 0 Å². The van der Waals surface area contributed by atoms with Crippen molar-refractivity contribution in [2.75, 3.05) is 13.2 Å². The molecule has 244 valence electrons. The lowest BCUT2D eigenvalue weighted by atomic mass is 9.80. The van der Waals surface area contributed by atoms with Crippen LogP contribution in [0.5, 0.6) is 0 Å². The second kappa shape index (κ2) is 19.1. The van der Waals surface area contributed by atoms with Crippen LogP contribution in [0.15, 0.2) is 109 Å². The molecule has 0 fully saturated rings. The Bertz CT molecular complexity index is 1330. The van der Waals surface area contributed by atoms with Crippen LogP contribution in [0.4, 0.5) is 0 Å². The first-order valence-corrected chi connectivity index (χ1v) is 16.8. The standard InChI is InChI=1S/C41H50O5/c1-3-33(39(42)25-15-27-45-29-31-17-7-5-8-18-31)35-21-11-13-23-37(35)41(44)38-24-14-12-22-36(38)34(4-2)40(43)26-16-28-46-30-32-19-9-6-10-20-32/h5-14,17-24,33-34,39-40,42-43H,3-4,15-16,25-30H2,1-2H3. The van der Waals surface area contributed by atoms with Gasteiger partial charge in [-0.15, -0.1) is 0 Å². The fourth-order valence-electron chi connectivity index (χ4n) is 6.32. The molecule has 4 unspecified atom stereocenters. The van der Waals surface area contributed by atoms with Crippen molar-refractivity contribution >= 4 is 5.78 Å². The SMILES string of the molecule is CCC(c1ccccc1C(=O)c1ccccc1C(CC)C(O)CCCOCc1ccccc1)C(O)CCCOCc1ccccc1. The lowest BCUT2D eigenvalue weighted by molar-refractivity contribution is 0.0859. The summed E-state index contributed by atoms with van der Waals surface area (Å²) in [6.45, 7) is 6.36. The Balaban J connectivity index is 1.39. The van der Waals surface area contributed by atoms with Crippen LogP contribution in [0.1, 0.15) is 102 Å². The molecule has 5 nitrogen and oxygen atoms in total. The number of hydrogen-bond donors (Lipinski definition) is 2. The first kappa shape index (κ1) is 35.2. The van der Waals surface area contributed by atoms with Crippen LogP contribution in [0.3, 0.4) is 0 Å². The summed E-state index contributed by atoms with van der Waals surface area (Å²) in [6, 6.07) is 35.5. The monoisotopic (exact) mass is 622 g/mol. The zero-order valence-electron chi connectivity index (χ0n) is 27.4. The highest BCUT2D eigenvalue weighted by molar-refractivity contribution is 6.11. The number of rotatable bonds is 20. The molecule has 0 aliphatic rings. The van der Waals surface area contributed by atoms with E-state index in [4.69, 9.17) is 9.47 Å². The van der Waals surface area contributed by atoms with Crippen LogP contribution in [0.2, 0.25) is 0 Å². The number of ketones is 1. The van der Waals surface area contributed by atoms with E-state index in [1.807, 2.05) is 109 Å². The van der Waals surface area contributed by atoms with Crippen molar-refractivity contribution in [3.63, 3.8) is 0 Å². The molecule has 0 bridgehead atoms. The van der Waals surface area contributed by atoms with Crippen molar-refractivity contribution in [2.24, 2.45) is 0 Å². The van der Waals surface area contributed by atoms with Gasteiger partial charge >= 0.3 is 0 Å². The van der Waals surface area contributed by atoms with Gasteiger partial charge in [0.1, 0.15) is 0 Å². The zero-order valence-corrected chi connectivity index (χ0v) is 27.4. The van der Waals surface area contributed by atoms with Gasteiger partial charge < -0.3 is 19.7 Å². The van der Waals surface area contributed by atoms with E-state index in [0.29, 0.717) is 63.2 Å². The lowest BCUT2D eigenvalue weighted by Crippen LogP contribution is -2.23. The Kier molecular flexibility index (Phi) is 14.7. The fourth-order valence-corrected chi connectivity index (χ4v) is 6.32. The Hall–Kier alpha value is -3.61. The second-order valence-corrected chi connectivity index (χ2v) is 12.0. The molecule has 0 radical (unpaired) electrons. The van der Waals surface area contributed by atoms with Crippen LogP contribution in [-0.2, 0) is 22.7 Å². The number of ether oxygens (including phenoxy) is 2. The third-order valence-electron chi connectivity index (χ3n) is 8.82. The van der Waals surface area contributed by atoms with Gasteiger partial charge in [-0.3, -0.25) is 4.79 Å². The van der Waals surface area contributed by atoms with Crippen molar-refractivity contribution < 1.29 is 24.5 Å². The minimum atomic E-state index is -0.594. The predicted octanol–water partition coefficient (Wildman–Crippen LogP) is 8.62. The number of aliphatic hydroxyl groups is 2. The summed E-state index contributed by atoms with van der Waals surface area (Å²) >= 11 is 0. The molecule has 0 aliphatic heterocycles. The summed E-state index contributed by atoms with van der Waals surface area (Å²) in [5.41, 5.74) is 5.22. The van der Waals surface area contributed by atoms with Gasteiger partial charge in [0.05, 0.1) is 25.4 Å². The molecule has 5 heteroatoms. The minimum Gasteiger partial charge on any atom is -0.392 e. The molecule has 46 heavy (non-hydrogen) atoms. The Morgan fingerprint density at radius 2 is 0.935 bits per heavy atom. The van der Waals surface area contributed by atoms with Crippen molar-refractivity contribution in [1.82, 2.24) is 0 Å². The van der Waals surface area contributed by atoms with Crippen LogP contribution in [-0.4, -0.2) is 41.4 Å². The average molecular weight is 623 g/mol. The van der Waals surface area contributed by atoms with E-state index in [1.165, 1.54) is 0 Å². The maximum atomic E-state index is 14.2. The third-order valence-corrected chi connectivity index (χ3v) is 8.82. The molecule has 0 aliphatic carbocycles. The molecular formula is C41H50O5. The summed E-state index contributed by atoms with van der Waals surface area (Å²) < 4.78 is 11.7. The lowest BCUT2D eigenvalue weighted by Gasteiger charge is -2.26. The van der Waals surface area contributed by atoms with Crippen molar-refractivity contribution in [1.29, 1.82) is 0 Å². The third kappa shape index (κ3) is 10.2. The van der Waals surface area contributed by atoms with Gasteiger partial charge in [-0.05, 0) is 60.8 Å². The summed E-state index contributed by atoms with van der Waals surface area (Å²) in [6.07, 6.45) is 2.87. The topological polar surface area (TPSA) is 76.0 Å². The summed E-state index contributed by atoms with van der Waals surface area (Å²) in [7, 11) is 0. The first-order chi connectivity index (χ1) is 22.5. The van der Waals surface area contributed by atoms with Gasteiger partial charge in [0.15, 0.2) is 5.78 Å². The molecule has 0 saturated heterocycles. The molecule has 0 aromatic heterocycles. The van der Waals surface area contributed by atoms with E-state index in [1.54, 1.807) is 0 Å². The van der Waals surface area contributed by atoms with E-state index in [2.05, 4.69) is 13.8 Å². The largest absolute Gasteiger partial charge is 0.392 e. The van der Waals surface area contributed by atoms with Gasteiger partial charge in [-0.25, -0.2) is 0 Å². The Labute approximate surface area is 275 Å². The first-order valence-electron chi connectivity index (χ1n) is 16.8. The highest BCUT2D eigenvalue weighted by Crippen LogP contribution is 2.34. The van der Waals surface area contributed by atoms with E-state index < -0.39 is 12.2 Å². The summed E-state index contributed by atoms with van der Waals surface area (Å²) in [4.78, 5) is 14.2. The number of carbonyl (C=O) groups excluding carboxylic acids is 1. The summed E-state index contributed by atoms with van der Waals surface area (Å²) in [5.74, 6) is -0.422. The normalized spacial score (nSPS) is 14.0. The molecule has 4 aromatic rings. The molecule has 0 amide bonds. The van der Waals surface area contributed by atoms with E-state index >= 15 is 0 Å². The highest BCUT2D eigenvalue weighted by atomic mass is 16.5. The number of aliphatic hydroxyl groups excluding tert-OH is 2. The molecule has 0 heterocycles. The second-order valence-electron chi connectivity index (χ2n) is 12.0. The molecule has 4 aromatic carbocycles. The van der Waals surface area contributed by atoms with E-state index in [0.717, 1.165) is 35.1 Å². The van der Waals surface area contributed by atoms with Gasteiger partial charge in [0.25, 0.3) is 0 Å². The van der Waals surface area contributed by atoms with Gasteiger partial charge in [0, 0.05) is 36.2 Å². The number of hydrogen-bond acceptors (Lipinski definition) is 5. The quantitative estimate of drug-likeness (QED) is 0.0762. The van der Waals surface area contributed by atoms with Crippen LogP contribution in [0, 0.1) is 0 Å². The molecule has 2 N–H and O–H groups in total. The average Bonchev–Trinajstić information content (AvgIpc) is 3.10. The number of carbonyl (C=O) groups is 1. The fraction of sp³-hybridized carbons (Fsp3) is 0.390. The molecule has 0 saturated carbocycles. The number of benzene rings is 4. The molecule has 0 spiro atoms. The maximum Gasteiger partial charge on any atom is 0.193 e. The Morgan fingerprint density at radius 1 is 0.565 bits per heavy atom. The van der Waals surface area contributed by atoms with Crippen LogP contribution in [0.25, 0.3) is 0 Å². The zero-order chi connectivity index (χ0) is 32.6. The van der Waals surface area contributed by atoms with Crippen LogP contribution < -0.4 is 0 Å². The minimum absolute atomic E-state index is 0.0695. The summed E-state index contributed by atoms with van der Waals surface area (Å²) in [5, 5.41) is 22.6.